The van der Waals surface area contributed by atoms with Crippen molar-refractivity contribution in [2.45, 2.75) is 12.3 Å². The van der Waals surface area contributed by atoms with Crippen LogP contribution in [0.4, 0.5) is 5.69 Å². The third-order valence-corrected chi connectivity index (χ3v) is 1.55. The molecule has 0 amide bonds. The van der Waals surface area contributed by atoms with Gasteiger partial charge in [0.2, 0.25) is 0 Å². The van der Waals surface area contributed by atoms with E-state index in [1.807, 2.05) is 13.0 Å². The molecule has 1 heterocycles. The molecule has 54 valence electrons. The summed E-state index contributed by atoms with van der Waals surface area (Å²) in [6.45, 7) is 1.88. The van der Waals surface area contributed by atoms with Crippen molar-refractivity contribution in [2.24, 2.45) is 0 Å². The predicted molar refractivity (Wildman–Crippen MR) is 42.9 cm³/mol. The maximum Gasteiger partial charge on any atom is 0.0578 e. The van der Waals surface area contributed by atoms with Gasteiger partial charge in [-0.05, 0) is 18.6 Å². The first-order valence-electron chi connectivity index (χ1n) is 3.05. The fraction of sp³-hybridized carbons (Fsp3) is 0.286. The van der Waals surface area contributed by atoms with E-state index in [-0.39, 0.29) is 5.38 Å². The maximum absolute atomic E-state index is 5.80. The molecule has 0 saturated carbocycles. The largest absolute Gasteiger partial charge is 0.397 e. The minimum atomic E-state index is -0.0389. The lowest BCUT2D eigenvalue weighted by atomic mass is 10.2. The molecule has 0 saturated heterocycles. The molecule has 0 aliphatic heterocycles. The molecular formula is C7H9ClN2. The Morgan fingerprint density at radius 2 is 2.40 bits per heavy atom. The topological polar surface area (TPSA) is 38.9 Å². The van der Waals surface area contributed by atoms with Gasteiger partial charge in [0, 0.05) is 6.20 Å². The molecular weight excluding hydrogens is 148 g/mol. The molecule has 3 heteroatoms. The van der Waals surface area contributed by atoms with Gasteiger partial charge >= 0.3 is 0 Å². The van der Waals surface area contributed by atoms with Crippen molar-refractivity contribution >= 4 is 17.3 Å². The van der Waals surface area contributed by atoms with Crippen LogP contribution in [-0.2, 0) is 0 Å². The molecule has 10 heavy (non-hydrogen) atoms. The second kappa shape index (κ2) is 2.88. The summed E-state index contributed by atoms with van der Waals surface area (Å²) in [7, 11) is 0. The van der Waals surface area contributed by atoms with Crippen molar-refractivity contribution in [3.63, 3.8) is 0 Å². The lowest BCUT2D eigenvalue weighted by Gasteiger charge is -2.04. The standard InChI is InChI=1S/C7H9ClN2/c1-5(8)6-2-3-10-4-7(6)9/h2-5H,9H2,1H3. The smallest absolute Gasteiger partial charge is 0.0578 e. The Kier molecular flexibility index (Phi) is 2.12. The van der Waals surface area contributed by atoms with Gasteiger partial charge in [0.1, 0.15) is 0 Å². The SMILES string of the molecule is CC(Cl)c1ccncc1N. The van der Waals surface area contributed by atoms with Gasteiger partial charge in [0.25, 0.3) is 0 Å². The number of alkyl halides is 1. The van der Waals surface area contributed by atoms with E-state index in [4.69, 9.17) is 17.3 Å². The first-order chi connectivity index (χ1) is 4.72. The highest BCUT2D eigenvalue weighted by Crippen LogP contribution is 2.23. The molecule has 0 radical (unpaired) electrons. The van der Waals surface area contributed by atoms with Crippen molar-refractivity contribution in [1.29, 1.82) is 0 Å². The van der Waals surface area contributed by atoms with Crippen molar-refractivity contribution in [2.75, 3.05) is 5.73 Å². The van der Waals surface area contributed by atoms with Crippen molar-refractivity contribution in [3.05, 3.63) is 24.0 Å². The van der Waals surface area contributed by atoms with Gasteiger partial charge in [0.05, 0.1) is 17.3 Å². The number of aromatic nitrogens is 1. The van der Waals surface area contributed by atoms with E-state index < -0.39 is 0 Å². The average molecular weight is 157 g/mol. The van der Waals surface area contributed by atoms with Crippen LogP contribution in [0.2, 0.25) is 0 Å². The Bertz CT molecular complexity index is 223. The van der Waals surface area contributed by atoms with Crippen LogP contribution in [0, 0.1) is 0 Å². The van der Waals surface area contributed by atoms with E-state index >= 15 is 0 Å². The zero-order valence-electron chi connectivity index (χ0n) is 5.71. The Balaban J connectivity index is 3.03. The molecule has 0 bridgehead atoms. The first-order valence-corrected chi connectivity index (χ1v) is 3.49. The highest BCUT2D eigenvalue weighted by molar-refractivity contribution is 6.20. The number of hydrogen-bond acceptors (Lipinski definition) is 2. The van der Waals surface area contributed by atoms with Crippen LogP contribution in [0.3, 0.4) is 0 Å². The van der Waals surface area contributed by atoms with Gasteiger partial charge in [-0.25, -0.2) is 0 Å². The average Bonchev–Trinajstić information content (AvgIpc) is 1.88. The van der Waals surface area contributed by atoms with Gasteiger partial charge in [-0.1, -0.05) is 0 Å². The summed E-state index contributed by atoms with van der Waals surface area (Å²) in [4.78, 5) is 3.84. The summed E-state index contributed by atoms with van der Waals surface area (Å²) in [5.41, 5.74) is 7.17. The van der Waals surface area contributed by atoms with Gasteiger partial charge < -0.3 is 5.73 Å². The Morgan fingerprint density at radius 1 is 1.70 bits per heavy atom. The zero-order valence-corrected chi connectivity index (χ0v) is 6.47. The second-order valence-electron chi connectivity index (χ2n) is 2.12. The number of rotatable bonds is 1. The molecule has 1 unspecified atom stereocenters. The summed E-state index contributed by atoms with van der Waals surface area (Å²) < 4.78 is 0. The van der Waals surface area contributed by atoms with Gasteiger partial charge in [0.15, 0.2) is 0 Å². The van der Waals surface area contributed by atoms with Crippen LogP contribution in [0.15, 0.2) is 18.5 Å². The quantitative estimate of drug-likeness (QED) is 0.632. The lowest BCUT2D eigenvalue weighted by Crippen LogP contribution is -1.94. The molecule has 2 N–H and O–H groups in total. The van der Waals surface area contributed by atoms with Crippen LogP contribution in [0.5, 0.6) is 0 Å². The number of nitrogen functional groups attached to an aromatic ring is 1. The summed E-state index contributed by atoms with van der Waals surface area (Å²) in [6, 6.07) is 1.83. The van der Waals surface area contributed by atoms with Crippen LogP contribution < -0.4 is 5.73 Å². The molecule has 1 aromatic heterocycles. The third-order valence-electron chi connectivity index (χ3n) is 1.32. The molecule has 2 nitrogen and oxygen atoms in total. The van der Waals surface area contributed by atoms with E-state index in [0.717, 1.165) is 5.56 Å². The first kappa shape index (κ1) is 7.35. The fourth-order valence-corrected chi connectivity index (χ4v) is 0.978. The van der Waals surface area contributed by atoms with Crippen LogP contribution >= 0.6 is 11.6 Å². The van der Waals surface area contributed by atoms with Gasteiger partial charge in [-0.2, -0.15) is 0 Å². The molecule has 0 aliphatic carbocycles. The van der Waals surface area contributed by atoms with Crippen molar-refractivity contribution in [1.82, 2.24) is 4.98 Å². The molecule has 0 fully saturated rings. The van der Waals surface area contributed by atoms with E-state index in [0.29, 0.717) is 5.69 Å². The Morgan fingerprint density at radius 3 is 2.80 bits per heavy atom. The van der Waals surface area contributed by atoms with Crippen molar-refractivity contribution in [3.8, 4) is 0 Å². The van der Waals surface area contributed by atoms with Crippen LogP contribution in [-0.4, -0.2) is 4.98 Å². The number of anilines is 1. The Labute approximate surface area is 65.0 Å². The molecule has 0 aliphatic rings. The maximum atomic E-state index is 5.80. The second-order valence-corrected chi connectivity index (χ2v) is 2.78. The minimum absolute atomic E-state index is 0.0389. The Hall–Kier alpha value is -0.760. The number of nitrogens with zero attached hydrogens (tertiary/aromatic N) is 1. The molecule has 0 spiro atoms. The van der Waals surface area contributed by atoms with Crippen LogP contribution in [0.1, 0.15) is 17.9 Å². The number of nitrogens with two attached hydrogens (primary N) is 1. The van der Waals surface area contributed by atoms with E-state index in [1.54, 1.807) is 12.4 Å². The summed E-state index contributed by atoms with van der Waals surface area (Å²) in [5, 5.41) is -0.0389. The number of halogens is 1. The summed E-state index contributed by atoms with van der Waals surface area (Å²) >= 11 is 5.80. The highest BCUT2D eigenvalue weighted by Gasteiger charge is 2.03. The van der Waals surface area contributed by atoms with Crippen LogP contribution in [0.25, 0.3) is 0 Å². The van der Waals surface area contributed by atoms with E-state index in [1.165, 1.54) is 0 Å². The molecule has 1 rings (SSSR count). The van der Waals surface area contributed by atoms with Crippen molar-refractivity contribution < 1.29 is 0 Å². The zero-order chi connectivity index (χ0) is 7.56. The van der Waals surface area contributed by atoms with Gasteiger partial charge in [-0.15, -0.1) is 11.6 Å². The molecule has 1 aromatic rings. The lowest BCUT2D eigenvalue weighted by molar-refractivity contribution is 1.07. The normalized spacial score (nSPS) is 13.0. The van der Waals surface area contributed by atoms with E-state index in [2.05, 4.69) is 4.98 Å². The highest BCUT2D eigenvalue weighted by atomic mass is 35.5. The minimum Gasteiger partial charge on any atom is -0.397 e. The predicted octanol–water partition coefficient (Wildman–Crippen LogP) is 1.96. The van der Waals surface area contributed by atoms with Gasteiger partial charge in [-0.3, -0.25) is 4.98 Å². The summed E-state index contributed by atoms with van der Waals surface area (Å²) in [5.74, 6) is 0. The fourth-order valence-electron chi connectivity index (χ4n) is 0.780. The van der Waals surface area contributed by atoms with E-state index in [9.17, 15) is 0 Å². The summed E-state index contributed by atoms with van der Waals surface area (Å²) in [6.07, 6.45) is 3.29. The number of pyridine rings is 1. The molecule has 0 aromatic carbocycles. The monoisotopic (exact) mass is 156 g/mol. The molecule has 1 atom stereocenters. The third kappa shape index (κ3) is 1.39. The number of hydrogen-bond donors (Lipinski definition) is 1.